The zero-order chi connectivity index (χ0) is 13.7. The van der Waals surface area contributed by atoms with E-state index in [2.05, 4.69) is 24.0 Å². The first-order valence-corrected chi connectivity index (χ1v) is 7.36. The highest BCUT2D eigenvalue weighted by atomic mass is 16.5. The van der Waals surface area contributed by atoms with Crippen molar-refractivity contribution in [3.05, 3.63) is 29.8 Å². The zero-order valence-electron chi connectivity index (χ0n) is 12.1. The summed E-state index contributed by atoms with van der Waals surface area (Å²) in [5.74, 6) is 0.994. The Hall–Kier alpha value is -1.06. The smallest absolute Gasteiger partial charge is 0.123 e. The van der Waals surface area contributed by atoms with Gasteiger partial charge in [-0.25, -0.2) is 0 Å². The number of ether oxygens (including phenoxy) is 1. The molecule has 19 heavy (non-hydrogen) atoms. The van der Waals surface area contributed by atoms with Crippen molar-refractivity contribution in [2.75, 3.05) is 13.7 Å². The van der Waals surface area contributed by atoms with Crippen molar-refractivity contribution >= 4 is 0 Å². The summed E-state index contributed by atoms with van der Waals surface area (Å²) in [4.78, 5) is 2.56. The Balaban J connectivity index is 2.02. The van der Waals surface area contributed by atoms with Crippen LogP contribution >= 0.6 is 0 Å². The fourth-order valence-corrected chi connectivity index (χ4v) is 3.02. The maximum absolute atomic E-state index is 6.00. The summed E-state index contributed by atoms with van der Waals surface area (Å²) in [7, 11) is 1.74. The Bertz CT molecular complexity index is 386. The molecule has 1 aromatic rings. The Morgan fingerprint density at radius 1 is 1.21 bits per heavy atom. The minimum absolute atomic E-state index is 0.418. The monoisotopic (exact) mass is 262 g/mol. The molecule has 0 saturated heterocycles. The maximum atomic E-state index is 6.00. The summed E-state index contributed by atoms with van der Waals surface area (Å²) in [5.41, 5.74) is 7.28. The van der Waals surface area contributed by atoms with Gasteiger partial charge in [-0.3, -0.25) is 4.90 Å². The van der Waals surface area contributed by atoms with E-state index in [1.54, 1.807) is 7.11 Å². The Kier molecular flexibility index (Phi) is 5.23. The van der Waals surface area contributed by atoms with Gasteiger partial charge >= 0.3 is 0 Å². The minimum Gasteiger partial charge on any atom is -0.496 e. The molecule has 3 heteroatoms. The molecular weight excluding hydrogens is 236 g/mol. The van der Waals surface area contributed by atoms with Gasteiger partial charge < -0.3 is 10.5 Å². The quantitative estimate of drug-likeness (QED) is 0.887. The molecule has 0 aliphatic heterocycles. The van der Waals surface area contributed by atoms with Crippen LogP contribution in [0.2, 0.25) is 0 Å². The largest absolute Gasteiger partial charge is 0.496 e. The Morgan fingerprint density at radius 3 is 2.53 bits per heavy atom. The average Bonchev–Trinajstić information content (AvgIpc) is 2.46. The van der Waals surface area contributed by atoms with Gasteiger partial charge in [0.2, 0.25) is 0 Å². The van der Waals surface area contributed by atoms with Gasteiger partial charge in [0.15, 0.2) is 0 Å². The lowest BCUT2D eigenvalue weighted by Crippen LogP contribution is -2.40. The first-order chi connectivity index (χ1) is 9.24. The standard InChI is InChI=1S/C16H26N2O/c1-3-18(15-10-8-14(17)9-11-15)12-13-6-4-5-7-16(13)19-2/h4-7,14-15H,3,8-12,17H2,1-2H3. The SMILES string of the molecule is CCN(Cc1ccccc1OC)C1CCC(N)CC1. The number of hydrogen-bond donors (Lipinski definition) is 1. The molecule has 0 spiro atoms. The number of rotatable bonds is 5. The van der Waals surface area contributed by atoms with Crippen molar-refractivity contribution in [3.63, 3.8) is 0 Å². The number of nitrogens with two attached hydrogens (primary N) is 1. The normalized spacial score (nSPS) is 23.6. The second-order valence-electron chi connectivity index (χ2n) is 5.44. The van der Waals surface area contributed by atoms with Crippen molar-refractivity contribution in [3.8, 4) is 5.75 Å². The summed E-state index contributed by atoms with van der Waals surface area (Å²) in [5, 5.41) is 0. The second kappa shape index (κ2) is 6.92. The summed E-state index contributed by atoms with van der Waals surface area (Å²) in [6, 6.07) is 9.41. The van der Waals surface area contributed by atoms with Gasteiger partial charge in [0.1, 0.15) is 5.75 Å². The number of nitrogens with zero attached hydrogens (tertiary/aromatic N) is 1. The van der Waals surface area contributed by atoms with Crippen molar-refractivity contribution < 1.29 is 4.74 Å². The van der Waals surface area contributed by atoms with Crippen LogP contribution in [0.5, 0.6) is 5.75 Å². The molecule has 0 unspecified atom stereocenters. The van der Waals surface area contributed by atoms with E-state index in [0.717, 1.165) is 31.7 Å². The first-order valence-electron chi connectivity index (χ1n) is 7.36. The van der Waals surface area contributed by atoms with Crippen LogP contribution < -0.4 is 10.5 Å². The average molecular weight is 262 g/mol. The van der Waals surface area contributed by atoms with Gasteiger partial charge in [-0.05, 0) is 38.3 Å². The van der Waals surface area contributed by atoms with Crippen LogP contribution in [0.3, 0.4) is 0 Å². The predicted molar refractivity (Wildman–Crippen MR) is 79.3 cm³/mol. The third kappa shape index (κ3) is 3.71. The lowest BCUT2D eigenvalue weighted by Gasteiger charge is -2.35. The van der Waals surface area contributed by atoms with E-state index in [1.165, 1.54) is 18.4 Å². The van der Waals surface area contributed by atoms with Crippen molar-refractivity contribution in [2.45, 2.75) is 51.2 Å². The van der Waals surface area contributed by atoms with Crippen LogP contribution in [-0.4, -0.2) is 30.6 Å². The molecule has 1 aromatic carbocycles. The molecule has 0 amide bonds. The van der Waals surface area contributed by atoms with Gasteiger partial charge in [0.25, 0.3) is 0 Å². The van der Waals surface area contributed by atoms with Crippen LogP contribution in [0, 0.1) is 0 Å². The molecule has 1 saturated carbocycles. The van der Waals surface area contributed by atoms with Gasteiger partial charge in [-0.1, -0.05) is 25.1 Å². The molecule has 0 bridgehead atoms. The summed E-state index contributed by atoms with van der Waals surface area (Å²) in [6.07, 6.45) is 4.77. The molecule has 0 radical (unpaired) electrons. The Morgan fingerprint density at radius 2 is 1.89 bits per heavy atom. The first kappa shape index (κ1) is 14.4. The second-order valence-corrected chi connectivity index (χ2v) is 5.44. The fourth-order valence-electron chi connectivity index (χ4n) is 3.02. The van der Waals surface area contributed by atoms with Gasteiger partial charge in [0, 0.05) is 24.2 Å². The highest BCUT2D eigenvalue weighted by Crippen LogP contribution is 2.26. The van der Waals surface area contributed by atoms with Crippen LogP contribution in [0.15, 0.2) is 24.3 Å². The summed E-state index contributed by atoms with van der Waals surface area (Å²) < 4.78 is 5.45. The zero-order valence-corrected chi connectivity index (χ0v) is 12.1. The number of benzene rings is 1. The molecule has 1 fully saturated rings. The van der Waals surface area contributed by atoms with E-state index in [-0.39, 0.29) is 0 Å². The highest BCUT2D eigenvalue weighted by Gasteiger charge is 2.23. The molecule has 0 aromatic heterocycles. The predicted octanol–water partition coefficient (Wildman–Crippen LogP) is 2.79. The van der Waals surface area contributed by atoms with E-state index in [0.29, 0.717) is 12.1 Å². The van der Waals surface area contributed by atoms with E-state index < -0.39 is 0 Å². The highest BCUT2D eigenvalue weighted by molar-refractivity contribution is 5.33. The van der Waals surface area contributed by atoms with Crippen molar-refractivity contribution in [1.82, 2.24) is 4.90 Å². The van der Waals surface area contributed by atoms with Gasteiger partial charge in [-0.15, -0.1) is 0 Å². The number of hydrogen-bond acceptors (Lipinski definition) is 3. The molecule has 0 heterocycles. The van der Waals surface area contributed by atoms with Crippen LogP contribution in [0.25, 0.3) is 0 Å². The molecule has 0 atom stereocenters. The lowest BCUT2D eigenvalue weighted by molar-refractivity contribution is 0.148. The van der Waals surface area contributed by atoms with Crippen LogP contribution in [0.4, 0.5) is 0 Å². The number of para-hydroxylation sites is 1. The topological polar surface area (TPSA) is 38.5 Å². The third-order valence-corrected chi connectivity index (χ3v) is 4.23. The molecular formula is C16H26N2O. The molecule has 2 rings (SSSR count). The van der Waals surface area contributed by atoms with Crippen LogP contribution in [0.1, 0.15) is 38.2 Å². The molecule has 1 aliphatic rings. The minimum atomic E-state index is 0.418. The van der Waals surface area contributed by atoms with E-state index in [9.17, 15) is 0 Å². The molecule has 3 nitrogen and oxygen atoms in total. The maximum Gasteiger partial charge on any atom is 0.123 e. The lowest BCUT2D eigenvalue weighted by atomic mass is 9.90. The molecule has 1 aliphatic carbocycles. The van der Waals surface area contributed by atoms with Gasteiger partial charge in [0.05, 0.1) is 7.11 Å². The van der Waals surface area contributed by atoms with Crippen molar-refractivity contribution in [1.29, 1.82) is 0 Å². The summed E-state index contributed by atoms with van der Waals surface area (Å²) >= 11 is 0. The van der Waals surface area contributed by atoms with E-state index >= 15 is 0 Å². The fraction of sp³-hybridized carbons (Fsp3) is 0.625. The summed E-state index contributed by atoms with van der Waals surface area (Å²) in [6.45, 7) is 4.29. The molecule has 2 N–H and O–H groups in total. The molecule has 106 valence electrons. The van der Waals surface area contributed by atoms with E-state index in [1.807, 2.05) is 12.1 Å². The van der Waals surface area contributed by atoms with Gasteiger partial charge in [-0.2, -0.15) is 0 Å². The Labute approximate surface area is 116 Å². The number of methoxy groups -OCH3 is 1. The van der Waals surface area contributed by atoms with Crippen molar-refractivity contribution in [2.24, 2.45) is 5.73 Å². The third-order valence-electron chi connectivity index (χ3n) is 4.23. The van der Waals surface area contributed by atoms with E-state index in [4.69, 9.17) is 10.5 Å². The van der Waals surface area contributed by atoms with Crippen LogP contribution in [-0.2, 0) is 6.54 Å².